The third kappa shape index (κ3) is 2.90. The average molecular weight is 318 g/mol. The number of hydrogen-bond acceptors (Lipinski definition) is 4. The first-order chi connectivity index (χ1) is 11.2. The van der Waals surface area contributed by atoms with Crippen molar-refractivity contribution >= 4 is 5.91 Å². The Morgan fingerprint density at radius 1 is 1.39 bits per heavy atom. The van der Waals surface area contributed by atoms with E-state index in [2.05, 4.69) is 21.9 Å². The van der Waals surface area contributed by atoms with Gasteiger partial charge < -0.3 is 9.64 Å². The molecule has 0 N–H and O–H groups in total. The van der Waals surface area contributed by atoms with Crippen LogP contribution in [0.25, 0.3) is 0 Å². The maximum absolute atomic E-state index is 12.6. The van der Waals surface area contributed by atoms with Crippen molar-refractivity contribution in [1.82, 2.24) is 19.6 Å². The minimum Gasteiger partial charge on any atom is -0.381 e. The number of fused-ring (bicyclic) bond motifs is 1. The van der Waals surface area contributed by atoms with Crippen LogP contribution in [0.4, 0.5) is 0 Å². The van der Waals surface area contributed by atoms with Gasteiger partial charge in [0.15, 0.2) is 0 Å². The molecule has 4 rings (SSSR count). The summed E-state index contributed by atoms with van der Waals surface area (Å²) in [5, 5.41) is 4.34. The predicted octanol–water partition coefficient (Wildman–Crippen LogP) is 0.841. The Bertz CT molecular complexity index is 541. The third-order valence-electron chi connectivity index (χ3n) is 5.92. The summed E-state index contributed by atoms with van der Waals surface area (Å²) in [5.74, 6) is 1.02. The fourth-order valence-electron chi connectivity index (χ4n) is 4.59. The molecule has 1 amide bonds. The molecule has 0 radical (unpaired) electrons. The smallest absolute Gasteiger partial charge is 0.228 e. The molecule has 6 heteroatoms. The molecule has 3 saturated heterocycles. The lowest BCUT2D eigenvalue weighted by molar-refractivity contribution is -0.137. The van der Waals surface area contributed by atoms with Gasteiger partial charge in [0, 0.05) is 44.2 Å². The molecule has 0 saturated carbocycles. The monoisotopic (exact) mass is 318 g/mol. The number of carbonyl (C=O) groups excluding carboxylic acids is 1. The van der Waals surface area contributed by atoms with Crippen molar-refractivity contribution < 1.29 is 9.53 Å². The lowest BCUT2D eigenvalue weighted by atomic mass is 9.91. The Hall–Kier alpha value is -1.40. The highest BCUT2D eigenvalue weighted by Crippen LogP contribution is 2.35. The summed E-state index contributed by atoms with van der Waals surface area (Å²) in [7, 11) is 2.24. The number of rotatable bonds is 3. The first kappa shape index (κ1) is 15.1. The van der Waals surface area contributed by atoms with Gasteiger partial charge in [0.1, 0.15) is 0 Å². The maximum Gasteiger partial charge on any atom is 0.228 e. The Kier molecular flexibility index (Phi) is 4.11. The molecule has 0 spiro atoms. The number of ether oxygens (including phenoxy) is 1. The largest absolute Gasteiger partial charge is 0.381 e. The highest BCUT2D eigenvalue weighted by Gasteiger charge is 2.43. The van der Waals surface area contributed by atoms with Crippen LogP contribution in [-0.2, 0) is 16.1 Å². The van der Waals surface area contributed by atoms with Gasteiger partial charge >= 0.3 is 0 Å². The van der Waals surface area contributed by atoms with Gasteiger partial charge in [-0.05, 0) is 38.3 Å². The molecule has 0 bridgehead atoms. The second-order valence-electron chi connectivity index (χ2n) is 7.24. The van der Waals surface area contributed by atoms with E-state index < -0.39 is 0 Å². The number of likely N-dealkylation sites (N-methyl/N-ethyl adjacent to an activating group) is 1. The third-order valence-corrected chi connectivity index (χ3v) is 5.92. The number of amides is 1. The fraction of sp³-hybridized carbons (Fsp3) is 0.765. The average Bonchev–Trinajstić information content (AvgIpc) is 3.30. The molecule has 3 aliphatic heterocycles. The minimum absolute atomic E-state index is 0.102. The molecule has 6 nitrogen and oxygen atoms in total. The van der Waals surface area contributed by atoms with Crippen molar-refractivity contribution in [3.63, 3.8) is 0 Å². The van der Waals surface area contributed by atoms with Crippen LogP contribution < -0.4 is 0 Å². The van der Waals surface area contributed by atoms with Crippen LogP contribution >= 0.6 is 0 Å². The highest BCUT2D eigenvalue weighted by atomic mass is 16.5. The first-order valence-corrected chi connectivity index (χ1v) is 8.78. The second-order valence-corrected chi connectivity index (χ2v) is 7.24. The molecular formula is C17H26N4O2. The molecule has 23 heavy (non-hydrogen) atoms. The van der Waals surface area contributed by atoms with E-state index in [1.807, 2.05) is 23.1 Å². The van der Waals surface area contributed by atoms with E-state index in [1.165, 1.54) is 0 Å². The van der Waals surface area contributed by atoms with Crippen LogP contribution in [0.5, 0.6) is 0 Å². The number of carbonyl (C=O) groups is 1. The van der Waals surface area contributed by atoms with Crippen molar-refractivity contribution in [2.75, 3.05) is 33.4 Å². The van der Waals surface area contributed by atoms with E-state index in [0.717, 1.165) is 45.5 Å². The Morgan fingerprint density at radius 2 is 2.30 bits per heavy atom. The van der Waals surface area contributed by atoms with Gasteiger partial charge in [-0.3, -0.25) is 14.4 Å². The second kappa shape index (κ2) is 6.24. The number of nitrogens with zero attached hydrogens (tertiary/aromatic N) is 4. The van der Waals surface area contributed by atoms with Crippen molar-refractivity contribution in [2.45, 2.75) is 37.9 Å². The van der Waals surface area contributed by atoms with Gasteiger partial charge in [0.2, 0.25) is 5.91 Å². The van der Waals surface area contributed by atoms with E-state index >= 15 is 0 Å². The Labute approximate surface area is 137 Å². The molecule has 0 aromatic carbocycles. The van der Waals surface area contributed by atoms with Gasteiger partial charge in [-0.25, -0.2) is 0 Å². The normalized spacial score (nSPS) is 34.7. The minimum atomic E-state index is 0.102. The lowest BCUT2D eigenvalue weighted by Crippen LogP contribution is -2.49. The maximum atomic E-state index is 12.6. The summed E-state index contributed by atoms with van der Waals surface area (Å²) in [6.45, 7) is 4.12. The van der Waals surface area contributed by atoms with E-state index in [0.29, 0.717) is 30.5 Å². The zero-order chi connectivity index (χ0) is 15.8. The standard InChI is InChI=1S/C17H26N4O2/c1-19-15(11-21-6-2-5-18-21)9-14-10-20(7-3-16(14)19)17(22)13-4-8-23-12-13/h2,5-6,13-16H,3-4,7-12H2,1H3/t13-,14-,15+,16+/m1/s1. The molecule has 126 valence electrons. The van der Waals surface area contributed by atoms with E-state index in [9.17, 15) is 4.79 Å². The van der Waals surface area contributed by atoms with Crippen LogP contribution in [0.1, 0.15) is 19.3 Å². The SMILES string of the molecule is CN1[C@H](Cn2cccn2)C[C@@H]2CN(C(=O)[C@@H]3CCOC3)CC[C@@H]21. The molecule has 3 aliphatic rings. The topological polar surface area (TPSA) is 50.6 Å². The molecule has 0 unspecified atom stereocenters. The van der Waals surface area contributed by atoms with Crippen molar-refractivity contribution in [2.24, 2.45) is 11.8 Å². The molecule has 1 aromatic heterocycles. The molecular weight excluding hydrogens is 292 g/mol. The number of piperidine rings is 1. The van der Waals surface area contributed by atoms with E-state index in [1.54, 1.807) is 0 Å². The fourth-order valence-corrected chi connectivity index (χ4v) is 4.59. The molecule has 1 aromatic rings. The van der Waals surface area contributed by atoms with Crippen LogP contribution in [-0.4, -0.2) is 70.9 Å². The zero-order valence-corrected chi connectivity index (χ0v) is 13.8. The summed E-state index contributed by atoms with van der Waals surface area (Å²) >= 11 is 0. The van der Waals surface area contributed by atoms with Crippen LogP contribution in [0, 0.1) is 11.8 Å². The van der Waals surface area contributed by atoms with Gasteiger partial charge in [-0.1, -0.05) is 0 Å². The first-order valence-electron chi connectivity index (χ1n) is 8.78. The van der Waals surface area contributed by atoms with Crippen molar-refractivity contribution in [1.29, 1.82) is 0 Å². The van der Waals surface area contributed by atoms with Crippen LogP contribution in [0.2, 0.25) is 0 Å². The number of hydrogen-bond donors (Lipinski definition) is 0. The summed E-state index contributed by atoms with van der Waals surface area (Å²) in [6.07, 6.45) is 7.02. The Morgan fingerprint density at radius 3 is 3.04 bits per heavy atom. The van der Waals surface area contributed by atoms with Crippen LogP contribution in [0.3, 0.4) is 0 Å². The molecule has 4 atom stereocenters. The summed E-state index contributed by atoms with van der Waals surface area (Å²) in [5.41, 5.74) is 0. The van der Waals surface area contributed by atoms with Gasteiger partial charge in [0.25, 0.3) is 0 Å². The van der Waals surface area contributed by atoms with Crippen molar-refractivity contribution in [3.05, 3.63) is 18.5 Å². The summed E-state index contributed by atoms with van der Waals surface area (Å²) in [4.78, 5) is 17.2. The molecule has 4 heterocycles. The van der Waals surface area contributed by atoms with E-state index in [-0.39, 0.29) is 5.92 Å². The number of likely N-dealkylation sites (tertiary alicyclic amines) is 2. The summed E-state index contributed by atoms with van der Waals surface area (Å²) < 4.78 is 7.41. The van der Waals surface area contributed by atoms with E-state index in [4.69, 9.17) is 4.74 Å². The highest BCUT2D eigenvalue weighted by molar-refractivity contribution is 5.79. The zero-order valence-electron chi connectivity index (χ0n) is 13.8. The van der Waals surface area contributed by atoms with Crippen LogP contribution in [0.15, 0.2) is 18.5 Å². The quantitative estimate of drug-likeness (QED) is 0.829. The molecule has 0 aliphatic carbocycles. The van der Waals surface area contributed by atoms with Gasteiger partial charge in [0.05, 0.1) is 19.1 Å². The number of aromatic nitrogens is 2. The predicted molar refractivity (Wildman–Crippen MR) is 85.8 cm³/mol. The lowest BCUT2D eigenvalue weighted by Gasteiger charge is -2.38. The Balaban J connectivity index is 1.38. The van der Waals surface area contributed by atoms with Crippen molar-refractivity contribution in [3.8, 4) is 0 Å². The van der Waals surface area contributed by atoms with Gasteiger partial charge in [-0.15, -0.1) is 0 Å². The summed E-state index contributed by atoms with van der Waals surface area (Å²) in [6, 6.07) is 3.11. The van der Waals surface area contributed by atoms with Gasteiger partial charge in [-0.2, -0.15) is 5.10 Å². The molecule has 3 fully saturated rings.